The lowest BCUT2D eigenvalue weighted by atomic mass is 9.91. The number of nitrogens with zero attached hydrogens (tertiary/aromatic N) is 3. The van der Waals surface area contributed by atoms with Crippen LogP contribution in [0.2, 0.25) is 0 Å². The highest BCUT2D eigenvalue weighted by Gasteiger charge is 2.21. The van der Waals surface area contributed by atoms with Crippen LogP contribution in [0.4, 0.5) is 0 Å². The third-order valence-corrected chi connectivity index (χ3v) is 3.85. The van der Waals surface area contributed by atoms with Crippen molar-refractivity contribution in [2.24, 2.45) is 18.7 Å². The summed E-state index contributed by atoms with van der Waals surface area (Å²) in [7, 11) is 1.97. The Morgan fingerprint density at radius 2 is 2.00 bits per heavy atom. The number of rotatable bonds is 4. The highest BCUT2D eigenvalue weighted by molar-refractivity contribution is 5.85. The molecule has 1 saturated heterocycles. The molecule has 0 bridgehead atoms. The van der Waals surface area contributed by atoms with Gasteiger partial charge in [0.05, 0.1) is 6.20 Å². The summed E-state index contributed by atoms with van der Waals surface area (Å²) < 4.78 is 1.87. The molecule has 1 aliphatic rings. The fraction of sp³-hybridized carbons (Fsp3) is 0.769. The van der Waals surface area contributed by atoms with Crippen LogP contribution >= 0.6 is 24.8 Å². The predicted octanol–water partition coefficient (Wildman–Crippen LogP) is 1.87. The smallest absolute Gasteiger partial charge is 0.0522 e. The van der Waals surface area contributed by atoms with Gasteiger partial charge < -0.3 is 10.6 Å². The van der Waals surface area contributed by atoms with Gasteiger partial charge in [-0.15, -0.1) is 24.8 Å². The van der Waals surface area contributed by atoms with Gasteiger partial charge in [0, 0.05) is 25.8 Å². The number of aromatic nitrogens is 2. The molecule has 1 aliphatic heterocycles. The Balaban J connectivity index is 0.00000162. The van der Waals surface area contributed by atoms with E-state index in [9.17, 15) is 0 Å². The SMILES string of the molecule is CC(N)C1CCN(CCc2cnn(C)c2)CC1.Cl.Cl. The van der Waals surface area contributed by atoms with Crippen molar-refractivity contribution in [1.29, 1.82) is 0 Å². The van der Waals surface area contributed by atoms with Crippen molar-refractivity contribution >= 4 is 24.8 Å². The zero-order chi connectivity index (χ0) is 12.3. The van der Waals surface area contributed by atoms with Gasteiger partial charge in [-0.3, -0.25) is 4.68 Å². The lowest BCUT2D eigenvalue weighted by molar-refractivity contribution is 0.174. The first-order valence-corrected chi connectivity index (χ1v) is 6.60. The third-order valence-electron chi connectivity index (χ3n) is 3.85. The van der Waals surface area contributed by atoms with E-state index >= 15 is 0 Å². The van der Waals surface area contributed by atoms with E-state index in [0.29, 0.717) is 6.04 Å². The summed E-state index contributed by atoms with van der Waals surface area (Å²) in [5, 5.41) is 4.20. The van der Waals surface area contributed by atoms with E-state index in [1.165, 1.54) is 31.5 Å². The van der Waals surface area contributed by atoms with E-state index < -0.39 is 0 Å². The van der Waals surface area contributed by atoms with Crippen LogP contribution in [-0.2, 0) is 13.5 Å². The topological polar surface area (TPSA) is 47.1 Å². The predicted molar refractivity (Wildman–Crippen MR) is 84.2 cm³/mol. The summed E-state index contributed by atoms with van der Waals surface area (Å²) in [6.07, 6.45) is 7.69. The monoisotopic (exact) mass is 308 g/mol. The van der Waals surface area contributed by atoms with Crippen molar-refractivity contribution in [3.63, 3.8) is 0 Å². The summed E-state index contributed by atoms with van der Waals surface area (Å²) in [5.74, 6) is 0.727. The lowest BCUT2D eigenvalue weighted by Crippen LogP contribution is -2.40. The minimum Gasteiger partial charge on any atom is -0.328 e. The Morgan fingerprint density at radius 1 is 1.37 bits per heavy atom. The maximum Gasteiger partial charge on any atom is 0.0522 e. The molecule has 6 heteroatoms. The fourth-order valence-corrected chi connectivity index (χ4v) is 2.59. The van der Waals surface area contributed by atoms with Gasteiger partial charge in [0.1, 0.15) is 0 Å². The molecule has 1 fully saturated rings. The average molecular weight is 309 g/mol. The minimum absolute atomic E-state index is 0. The van der Waals surface area contributed by atoms with Crippen LogP contribution in [0.15, 0.2) is 12.4 Å². The van der Waals surface area contributed by atoms with Crippen LogP contribution in [0.3, 0.4) is 0 Å². The standard InChI is InChI=1S/C13H24N4.2ClH/c1-11(14)13-4-7-17(8-5-13)6-3-12-9-15-16(2)10-12;;/h9-11,13H,3-8,14H2,1-2H3;2*1H. The van der Waals surface area contributed by atoms with Crippen molar-refractivity contribution in [3.8, 4) is 0 Å². The molecule has 112 valence electrons. The van der Waals surface area contributed by atoms with E-state index in [-0.39, 0.29) is 24.8 Å². The van der Waals surface area contributed by atoms with E-state index in [1.54, 1.807) is 0 Å². The zero-order valence-electron chi connectivity index (χ0n) is 11.8. The summed E-state index contributed by atoms with van der Waals surface area (Å²) in [4.78, 5) is 2.55. The second-order valence-electron chi connectivity index (χ2n) is 5.31. The van der Waals surface area contributed by atoms with Crippen molar-refractivity contribution < 1.29 is 0 Å². The maximum absolute atomic E-state index is 5.95. The van der Waals surface area contributed by atoms with Crippen molar-refractivity contribution in [2.75, 3.05) is 19.6 Å². The van der Waals surface area contributed by atoms with Crippen LogP contribution in [-0.4, -0.2) is 40.4 Å². The lowest BCUT2D eigenvalue weighted by Gasteiger charge is -2.33. The highest BCUT2D eigenvalue weighted by atomic mass is 35.5. The molecule has 1 atom stereocenters. The number of halogens is 2. The van der Waals surface area contributed by atoms with Gasteiger partial charge in [-0.1, -0.05) is 0 Å². The first kappa shape index (κ1) is 18.7. The molecule has 0 amide bonds. The molecule has 4 nitrogen and oxygen atoms in total. The molecule has 2 heterocycles. The summed E-state index contributed by atoms with van der Waals surface area (Å²) in [5.41, 5.74) is 7.29. The first-order valence-electron chi connectivity index (χ1n) is 6.60. The Hall–Kier alpha value is -0.290. The Morgan fingerprint density at radius 3 is 2.47 bits per heavy atom. The van der Waals surface area contributed by atoms with Gasteiger partial charge in [0.25, 0.3) is 0 Å². The van der Waals surface area contributed by atoms with Crippen LogP contribution in [0.1, 0.15) is 25.3 Å². The molecular formula is C13H26Cl2N4. The average Bonchev–Trinajstić information content (AvgIpc) is 2.73. The maximum atomic E-state index is 5.95. The summed E-state index contributed by atoms with van der Waals surface area (Å²) in [6.45, 7) is 5.69. The van der Waals surface area contributed by atoms with E-state index in [0.717, 1.165) is 18.9 Å². The molecule has 1 aromatic rings. The summed E-state index contributed by atoms with van der Waals surface area (Å²) in [6, 6.07) is 0.357. The molecule has 19 heavy (non-hydrogen) atoms. The van der Waals surface area contributed by atoms with Gasteiger partial charge in [-0.2, -0.15) is 5.10 Å². The molecule has 0 spiro atoms. The van der Waals surface area contributed by atoms with E-state index in [4.69, 9.17) is 5.73 Å². The number of nitrogens with two attached hydrogens (primary N) is 1. The normalized spacial score (nSPS) is 18.5. The van der Waals surface area contributed by atoms with Crippen molar-refractivity contribution in [2.45, 2.75) is 32.2 Å². The fourth-order valence-electron chi connectivity index (χ4n) is 2.59. The summed E-state index contributed by atoms with van der Waals surface area (Å²) >= 11 is 0. The second kappa shape index (κ2) is 8.80. The van der Waals surface area contributed by atoms with Crippen LogP contribution in [0.25, 0.3) is 0 Å². The molecular weight excluding hydrogens is 283 g/mol. The third kappa shape index (κ3) is 5.69. The van der Waals surface area contributed by atoms with Gasteiger partial charge >= 0.3 is 0 Å². The minimum atomic E-state index is 0. The van der Waals surface area contributed by atoms with Crippen molar-refractivity contribution in [3.05, 3.63) is 18.0 Å². The van der Waals surface area contributed by atoms with E-state index in [1.807, 2.05) is 17.9 Å². The molecule has 2 N–H and O–H groups in total. The zero-order valence-corrected chi connectivity index (χ0v) is 13.4. The van der Waals surface area contributed by atoms with E-state index in [2.05, 4.69) is 23.1 Å². The molecule has 0 aromatic carbocycles. The van der Waals surface area contributed by atoms with Crippen LogP contribution in [0.5, 0.6) is 0 Å². The number of hydrogen-bond donors (Lipinski definition) is 1. The second-order valence-corrected chi connectivity index (χ2v) is 5.31. The molecule has 2 rings (SSSR count). The Labute approximate surface area is 128 Å². The number of hydrogen-bond acceptors (Lipinski definition) is 3. The first-order chi connectivity index (χ1) is 8.15. The molecule has 1 aromatic heterocycles. The van der Waals surface area contributed by atoms with Crippen LogP contribution in [0, 0.1) is 5.92 Å². The van der Waals surface area contributed by atoms with Gasteiger partial charge in [0.2, 0.25) is 0 Å². The Bertz CT molecular complexity index is 346. The molecule has 0 radical (unpaired) electrons. The molecule has 1 unspecified atom stereocenters. The quantitative estimate of drug-likeness (QED) is 0.923. The highest BCUT2D eigenvalue weighted by Crippen LogP contribution is 2.19. The van der Waals surface area contributed by atoms with Gasteiger partial charge in [-0.25, -0.2) is 0 Å². The number of piperidine rings is 1. The Kier molecular flexibility index (Phi) is 8.66. The van der Waals surface area contributed by atoms with Crippen LogP contribution < -0.4 is 5.73 Å². The molecule has 0 saturated carbocycles. The van der Waals surface area contributed by atoms with Gasteiger partial charge in [0.15, 0.2) is 0 Å². The largest absolute Gasteiger partial charge is 0.328 e. The number of likely N-dealkylation sites (tertiary alicyclic amines) is 1. The van der Waals surface area contributed by atoms with Gasteiger partial charge in [-0.05, 0) is 50.8 Å². The van der Waals surface area contributed by atoms with Crippen molar-refractivity contribution in [1.82, 2.24) is 14.7 Å². The number of aryl methyl sites for hydroxylation is 1. The molecule has 0 aliphatic carbocycles.